The first-order valence-corrected chi connectivity index (χ1v) is 6.53. The van der Waals surface area contributed by atoms with E-state index in [1.54, 1.807) is 33.0 Å². The van der Waals surface area contributed by atoms with Crippen LogP contribution >= 0.6 is 11.6 Å². The van der Waals surface area contributed by atoms with E-state index in [1.807, 2.05) is 13.0 Å². The molecule has 0 radical (unpaired) electrons. The molecule has 6 heteroatoms. The van der Waals surface area contributed by atoms with Crippen LogP contribution in [0.5, 0.6) is 0 Å². The standard InChI is InChI=1S/C14H19ClN2O3/c1-9-5-6-11(10(15)7-9)16-12(18)8-17(4)14(2,3)13(19)20/h5-7H,8H2,1-4H3,(H,16,18)(H,19,20). The number of carbonyl (C=O) groups is 2. The van der Waals surface area contributed by atoms with Gasteiger partial charge in [0.25, 0.3) is 0 Å². The summed E-state index contributed by atoms with van der Waals surface area (Å²) in [7, 11) is 1.59. The highest BCUT2D eigenvalue weighted by atomic mass is 35.5. The Balaban J connectivity index is 2.71. The first-order chi connectivity index (χ1) is 9.14. The molecule has 0 unspecified atom stereocenters. The Kier molecular flexibility index (Phi) is 5.14. The first-order valence-electron chi connectivity index (χ1n) is 6.15. The monoisotopic (exact) mass is 298 g/mol. The number of likely N-dealkylation sites (N-methyl/N-ethyl adjacent to an activating group) is 1. The third-order valence-corrected chi connectivity index (χ3v) is 3.57. The van der Waals surface area contributed by atoms with Crippen LogP contribution in [0.4, 0.5) is 5.69 Å². The number of aliphatic carboxylic acids is 1. The van der Waals surface area contributed by atoms with Gasteiger partial charge in [-0.2, -0.15) is 0 Å². The van der Waals surface area contributed by atoms with Crippen molar-refractivity contribution in [2.45, 2.75) is 26.3 Å². The number of halogens is 1. The van der Waals surface area contributed by atoms with Crippen LogP contribution in [0.2, 0.25) is 5.02 Å². The van der Waals surface area contributed by atoms with E-state index in [0.717, 1.165) is 5.56 Å². The predicted molar refractivity (Wildman–Crippen MR) is 79.2 cm³/mol. The van der Waals surface area contributed by atoms with Crippen LogP contribution in [-0.4, -0.2) is 41.0 Å². The Morgan fingerprint density at radius 1 is 1.40 bits per heavy atom. The van der Waals surface area contributed by atoms with Gasteiger partial charge in [-0.25, -0.2) is 0 Å². The van der Waals surface area contributed by atoms with Crippen molar-refractivity contribution >= 4 is 29.2 Å². The van der Waals surface area contributed by atoms with E-state index in [-0.39, 0.29) is 12.5 Å². The molecule has 1 rings (SSSR count). The lowest BCUT2D eigenvalue weighted by Gasteiger charge is -2.30. The van der Waals surface area contributed by atoms with Crippen LogP contribution in [0.25, 0.3) is 0 Å². The summed E-state index contributed by atoms with van der Waals surface area (Å²) >= 11 is 6.03. The molecule has 0 aliphatic carbocycles. The van der Waals surface area contributed by atoms with Crippen molar-refractivity contribution in [3.8, 4) is 0 Å². The maximum absolute atomic E-state index is 11.9. The summed E-state index contributed by atoms with van der Waals surface area (Å²) < 4.78 is 0. The molecule has 0 saturated heterocycles. The second-order valence-electron chi connectivity index (χ2n) is 5.25. The minimum Gasteiger partial charge on any atom is -0.480 e. The van der Waals surface area contributed by atoms with Gasteiger partial charge in [0.05, 0.1) is 17.3 Å². The molecule has 0 spiro atoms. The molecular formula is C14H19ClN2O3. The minimum absolute atomic E-state index is 0.0382. The largest absolute Gasteiger partial charge is 0.480 e. The molecule has 0 heterocycles. The van der Waals surface area contributed by atoms with Crippen molar-refractivity contribution in [1.29, 1.82) is 0 Å². The van der Waals surface area contributed by atoms with Crippen LogP contribution in [0.1, 0.15) is 19.4 Å². The SMILES string of the molecule is Cc1ccc(NC(=O)CN(C)C(C)(C)C(=O)O)c(Cl)c1. The van der Waals surface area contributed by atoms with Crippen LogP contribution in [0.3, 0.4) is 0 Å². The zero-order chi connectivity index (χ0) is 15.5. The van der Waals surface area contributed by atoms with Crippen LogP contribution in [0, 0.1) is 6.92 Å². The second kappa shape index (κ2) is 6.24. The summed E-state index contributed by atoms with van der Waals surface area (Å²) in [6.45, 7) is 4.95. The fourth-order valence-electron chi connectivity index (χ4n) is 1.49. The summed E-state index contributed by atoms with van der Waals surface area (Å²) in [5.41, 5.74) is 0.398. The number of hydrogen-bond acceptors (Lipinski definition) is 3. The van der Waals surface area contributed by atoms with Gasteiger partial charge < -0.3 is 10.4 Å². The first kappa shape index (κ1) is 16.5. The highest BCUT2D eigenvalue weighted by molar-refractivity contribution is 6.33. The van der Waals surface area contributed by atoms with Crippen molar-refractivity contribution in [3.05, 3.63) is 28.8 Å². The molecule has 0 aliphatic rings. The molecule has 2 N–H and O–H groups in total. The molecule has 0 aliphatic heterocycles. The summed E-state index contributed by atoms with van der Waals surface area (Å²) in [5, 5.41) is 12.2. The lowest BCUT2D eigenvalue weighted by molar-refractivity contribution is -0.148. The Morgan fingerprint density at radius 3 is 2.50 bits per heavy atom. The number of amides is 1. The zero-order valence-electron chi connectivity index (χ0n) is 12.0. The van der Waals surface area contributed by atoms with Gasteiger partial charge in [0.1, 0.15) is 5.54 Å². The molecule has 20 heavy (non-hydrogen) atoms. The third kappa shape index (κ3) is 3.95. The lowest BCUT2D eigenvalue weighted by Crippen LogP contribution is -2.50. The van der Waals surface area contributed by atoms with Gasteiger partial charge in [0.2, 0.25) is 5.91 Å². The fourth-order valence-corrected chi connectivity index (χ4v) is 1.77. The molecule has 1 aromatic rings. The number of carboxylic acid groups (broad SMARTS) is 1. The molecule has 0 atom stereocenters. The van der Waals surface area contributed by atoms with Crippen molar-refractivity contribution in [2.24, 2.45) is 0 Å². The third-order valence-electron chi connectivity index (χ3n) is 3.26. The summed E-state index contributed by atoms with van der Waals surface area (Å²) in [5.74, 6) is -1.30. The molecule has 1 amide bonds. The number of hydrogen-bond donors (Lipinski definition) is 2. The van der Waals surface area contributed by atoms with Crippen molar-refractivity contribution in [3.63, 3.8) is 0 Å². The number of carboxylic acids is 1. The molecule has 0 bridgehead atoms. The molecule has 1 aromatic carbocycles. The smallest absolute Gasteiger partial charge is 0.323 e. The summed E-state index contributed by atoms with van der Waals surface area (Å²) in [6, 6.07) is 5.31. The molecule has 110 valence electrons. The van der Waals surface area contributed by atoms with E-state index in [9.17, 15) is 9.59 Å². The van der Waals surface area contributed by atoms with E-state index >= 15 is 0 Å². The number of rotatable bonds is 5. The van der Waals surface area contributed by atoms with Gasteiger partial charge in [0, 0.05) is 0 Å². The molecular weight excluding hydrogens is 280 g/mol. The Hall–Kier alpha value is -1.59. The van der Waals surface area contributed by atoms with Crippen molar-refractivity contribution < 1.29 is 14.7 Å². The number of nitrogens with zero attached hydrogens (tertiary/aromatic N) is 1. The number of anilines is 1. The van der Waals surface area contributed by atoms with Gasteiger partial charge in [0.15, 0.2) is 0 Å². The van der Waals surface area contributed by atoms with E-state index < -0.39 is 11.5 Å². The van der Waals surface area contributed by atoms with Crippen molar-refractivity contribution in [1.82, 2.24) is 4.90 Å². The number of benzene rings is 1. The Morgan fingerprint density at radius 2 is 2.00 bits per heavy atom. The number of carbonyl (C=O) groups excluding carboxylic acids is 1. The maximum atomic E-state index is 11.9. The van der Waals surface area contributed by atoms with Gasteiger partial charge in [-0.15, -0.1) is 0 Å². The normalized spacial score (nSPS) is 11.5. The Bertz CT molecular complexity index is 529. The number of nitrogens with one attached hydrogen (secondary N) is 1. The van der Waals surface area contributed by atoms with Gasteiger partial charge in [-0.05, 0) is 45.5 Å². The predicted octanol–water partition coefficient (Wildman–Crippen LogP) is 2.38. The zero-order valence-corrected chi connectivity index (χ0v) is 12.8. The number of aryl methyl sites for hydroxylation is 1. The second-order valence-corrected chi connectivity index (χ2v) is 5.66. The van der Waals surface area contributed by atoms with Crippen LogP contribution in [0.15, 0.2) is 18.2 Å². The highest BCUT2D eigenvalue weighted by Gasteiger charge is 2.33. The highest BCUT2D eigenvalue weighted by Crippen LogP contribution is 2.22. The molecule has 0 aromatic heterocycles. The molecule has 0 fully saturated rings. The molecule has 5 nitrogen and oxygen atoms in total. The van der Waals surface area contributed by atoms with Crippen molar-refractivity contribution in [2.75, 3.05) is 18.9 Å². The summed E-state index contributed by atoms with van der Waals surface area (Å²) in [6.07, 6.45) is 0. The summed E-state index contributed by atoms with van der Waals surface area (Å²) in [4.78, 5) is 24.5. The van der Waals surface area contributed by atoms with Gasteiger partial charge in [-0.1, -0.05) is 17.7 Å². The van der Waals surface area contributed by atoms with Gasteiger partial charge >= 0.3 is 5.97 Å². The topological polar surface area (TPSA) is 69.6 Å². The van der Waals surface area contributed by atoms with E-state index in [4.69, 9.17) is 16.7 Å². The quantitative estimate of drug-likeness (QED) is 0.875. The van der Waals surface area contributed by atoms with Gasteiger partial charge in [-0.3, -0.25) is 14.5 Å². The van der Waals surface area contributed by atoms with E-state index in [0.29, 0.717) is 10.7 Å². The Labute approximate surface area is 123 Å². The average Bonchev–Trinajstić information content (AvgIpc) is 2.32. The minimum atomic E-state index is -1.12. The maximum Gasteiger partial charge on any atom is 0.323 e. The molecule has 0 saturated carbocycles. The average molecular weight is 299 g/mol. The lowest BCUT2D eigenvalue weighted by atomic mass is 10.0. The van der Waals surface area contributed by atoms with Crippen LogP contribution in [-0.2, 0) is 9.59 Å². The fraction of sp³-hybridized carbons (Fsp3) is 0.429. The van der Waals surface area contributed by atoms with E-state index in [2.05, 4.69) is 5.32 Å². The van der Waals surface area contributed by atoms with Crippen LogP contribution < -0.4 is 5.32 Å². The van der Waals surface area contributed by atoms with E-state index in [1.165, 1.54) is 4.90 Å².